The van der Waals surface area contributed by atoms with E-state index in [0.29, 0.717) is 29.2 Å². The molecule has 0 amide bonds. The lowest BCUT2D eigenvalue weighted by Crippen LogP contribution is -2.05. The summed E-state index contributed by atoms with van der Waals surface area (Å²) in [7, 11) is 0. The summed E-state index contributed by atoms with van der Waals surface area (Å²) in [4.78, 5) is 4.65. The van der Waals surface area contributed by atoms with E-state index in [9.17, 15) is 3.89 Å². The van der Waals surface area contributed by atoms with Gasteiger partial charge in [0.2, 0.25) is 0 Å². The Morgan fingerprint density at radius 2 is 2.24 bits per heavy atom. The normalized spacial score (nSPS) is 12.2. The van der Waals surface area contributed by atoms with Crippen LogP contribution in [0.2, 0.25) is 0 Å². The summed E-state index contributed by atoms with van der Waals surface area (Å²) >= 11 is 0.154. The van der Waals surface area contributed by atoms with Crippen molar-refractivity contribution in [2.24, 2.45) is 16.5 Å². The second-order valence-corrected chi connectivity index (χ2v) is 3.97. The van der Waals surface area contributed by atoms with E-state index in [1.807, 2.05) is 0 Å². The molecule has 0 unspecified atom stereocenters. The molecule has 0 bridgehead atoms. The van der Waals surface area contributed by atoms with Gasteiger partial charge in [-0.25, -0.2) is 0 Å². The van der Waals surface area contributed by atoms with Crippen LogP contribution in [-0.2, 0) is 0 Å². The zero-order chi connectivity index (χ0) is 12.7. The Morgan fingerprint density at radius 1 is 1.47 bits per heavy atom. The molecule has 6 heteroatoms. The summed E-state index contributed by atoms with van der Waals surface area (Å²) in [6, 6.07) is 4.83. The Morgan fingerprint density at radius 3 is 2.76 bits per heavy atom. The smallest absolute Gasteiger partial charge is 0.0855 e. The highest BCUT2D eigenvalue weighted by Crippen LogP contribution is 2.28. The van der Waals surface area contributed by atoms with Gasteiger partial charge < -0.3 is 17.2 Å². The first-order valence-electron chi connectivity index (χ1n) is 5.01. The maximum absolute atomic E-state index is 12.3. The average molecular weight is 254 g/mol. The molecule has 1 rings (SSSR count). The number of benzene rings is 1. The fourth-order valence-corrected chi connectivity index (χ4v) is 1.47. The molecule has 0 fully saturated rings. The Labute approximate surface area is 104 Å². The number of nitrogens with two attached hydrogens (primary N) is 3. The van der Waals surface area contributed by atoms with E-state index in [-0.39, 0.29) is 12.1 Å². The molecule has 1 aromatic carbocycles. The number of rotatable bonds is 5. The van der Waals surface area contributed by atoms with E-state index in [4.69, 9.17) is 17.2 Å². The molecule has 0 aliphatic heterocycles. The third-order valence-electron chi connectivity index (χ3n) is 2.17. The van der Waals surface area contributed by atoms with E-state index in [0.717, 1.165) is 5.57 Å². The van der Waals surface area contributed by atoms with Gasteiger partial charge >= 0.3 is 0 Å². The van der Waals surface area contributed by atoms with Crippen molar-refractivity contribution in [2.75, 3.05) is 12.3 Å². The van der Waals surface area contributed by atoms with Crippen molar-refractivity contribution in [3.05, 3.63) is 30.0 Å². The van der Waals surface area contributed by atoms with Crippen LogP contribution in [0.4, 0.5) is 15.3 Å². The summed E-state index contributed by atoms with van der Waals surface area (Å²) < 4.78 is 12.3. The highest BCUT2D eigenvalue weighted by molar-refractivity contribution is 7.94. The summed E-state index contributed by atoms with van der Waals surface area (Å²) in [6.45, 7) is 0.398. The van der Waals surface area contributed by atoms with Crippen molar-refractivity contribution in [3.63, 3.8) is 0 Å². The van der Waals surface area contributed by atoms with Crippen LogP contribution in [0.25, 0.3) is 0 Å². The predicted molar refractivity (Wildman–Crippen MR) is 71.9 cm³/mol. The molecule has 0 spiro atoms. The average Bonchev–Trinajstić information content (AvgIpc) is 2.36. The summed E-state index contributed by atoms with van der Waals surface area (Å²) in [6.07, 6.45) is 3.73. The first kappa shape index (κ1) is 13.5. The SMILES string of the molecule is N/C=C(\CN)CC=Nc1ccc(SF)cc1N. The number of nitrogen functional groups attached to an aromatic ring is 1. The fraction of sp³-hybridized carbons (Fsp3) is 0.182. The van der Waals surface area contributed by atoms with E-state index >= 15 is 0 Å². The number of anilines is 1. The molecule has 0 atom stereocenters. The number of hydrogen-bond acceptors (Lipinski definition) is 5. The first-order chi connectivity index (χ1) is 8.21. The van der Waals surface area contributed by atoms with Crippen LogP contribution in [0.15, 0.2) is 39.9 Å². The van der Waals surface area contributed by atoms with E-state index in [1.165, 1.54) is 6.20 Å². The van der Waals surface area contributed by atoms with Gasteiger partial charge in [0.05, 0.1) is 23.5 Å². The summed E-state index contributed by atoms with van der Waals surface area (Å²) in [5.41, 5.74) is 18.5. The maximum Gasteiger partial charge on any atom is 0.0855 e. The van der Waals surface area contributed by atoms with Gasteiger partial charge in [0.1, 0.15) is 0 Å². The standard InChI is InChI=1S/C11H15FN4S/c12-17-9-1-2-11(10(15)5-9)16-4-3-8(6-13)7-14/h1-2,4-6H,3,7,13-15H2/b8-6-,16-4?. The van der Waals surface area contributed by atoms with Gasteiger partial charge in [0, 0.05) is 24.1 Å². The molecular formula is C11H15FN4S. The molecule has 1 aromatic rings. The van der Waals surface area contributed by atoms with E-state index in [2.05, 4.69) is 4.99 Å². The van der Waals surface area contributed by atoms with Crippen LogP contribution in [0.5, 0.6) is 0 Å². The predicted octanol–water partition coefficient (Wildman–Crippen LogP) is 2.14. The molecule has 0 aliphatic carbocycles. The Balaban J connectivity index is 2.72. The largest absolute Gasteiger partial charge is 0.405 e. The van der Waals surface area contributed by atoms with Crippen LogP contribution in [0.3, 0.4) is 0 Å². The lowest BCUT2D eigenvalue weighted by atomic mass is 10.2. The number of aliphatic imine (C=N–C) groups is 1. The topological polar surface area (TPSA) is 90.4 Å². The number of nitrogens with zero attached hydrogens (tertiary/aromatic N) is 1. The van der Waals surface area contributed by atoms with Gasteiger partial charge in [0.15, 0.2) is 0 Å². The van der Waals surface area contributed by atoms with Crippen molar-refractivity contribution < 1.29 is 3.89 Å². The van der Waals surface area contributed by atoms with Gasteiger partial charge in [0.25, 0.3) is 0 Å². The minimum Gasteiger partial charge on any atom is -0.405 e. The molecule has 92 valence electrons. The lowest BCUT2D eigenvalue weighted by molar-refractivity contribution is 0.934. The highest BCUT2D eigenvalue weighted by Gasteiger charge is 1.99. The van der Waals surface area contributed by atoms with Crippen LogP contribution in [-0.4, -0.2) is 12.8 Å². The van der Waals surface area contributed by atoms with Crippen molar-refractivity contribution in [1.29, 1.82) is 0 Å². The third kappa shape index (κ3) is 4.08. The Kier molecular flexibility index (Phi) is 5.51. The van der Waals surface area contributed by atoms with Crippen LogP contribution >= 0.6 is 12.1 Å². The zero-order valence-corrected chi connectivity index (χ0v) is 10.1. The Hall–Kier alpha value is -1.53. The molecular weight excluding hydrogens is 239 g/mol. The van der Waals surface area contributed by atoms with Gasteiger partial charge in [-0.1, -0.05) is 0 Å². The van der Waals surface area contributed by atoms with Crippen molar-refractivity contribution in [1.82, 2.24) is 0 Å². The monoisotopic (exact) mass is 254 g/mol. The molecule has 0 aromatic heterocycles. The minimum atomic E-state index is 0.154. The third-order valence-corrected chi connectivity index (χ3v) is 2.60. The molecule has 0 aliphatic rings. The van der Waals surface area contributed by atoms with E-state index in [1.54, 1.807) is 24.4 Å². The second-order valence-electron chi connectivity index (χ2n) is 3.34. The molecule has 0 saturated carbocycles. The lowest BCUT2D eigenvalue weighted by Gasteiger charge is -2.01. The van der Waals surface area contributed by atoms with Gasteiger partial charge in [-0.2, -0.15) is 3.89 Å². The summed E-state index contributed by atoms with van der Waals surface area (Å²) in [5.74, 6) is 0. The minimum absolute atomic E-state index is 0.154. The first-order valence-corrected chi connectivity index (χ1v) is 5.73. The van der Waals surface area contributed by atoms with Crippen molar-refractivity contribution in [2.45, 2.75) is 11.3 Å². The van der Waals surface area contributed by atoms with Crippen molar-refractivity contribution in [3.8, 4) is 0 Å². The molecule has 4 nitrogen and oxygen atoms in total. The molecule has 0 saturated heterocycles. The highest BCUT2D eigenvalue weighted by atomic mass is 32.2. The molecule has 0 radical (unpaired) electrons. The van der Waals surface area contributed by atoms with Crippen molar-refractivity contribution >= 4 is 29.7 Å². The van der Waals surface area contributed by atoms with Crippen LogP contribution < -0.4 is 17.2 Å². The number of halogens is 1. The van der Waals surface area contributed by atoms with E-state index < -0.39 is 0 Å². The fourth-order valence-electron chi connectivity index (χ4n) is 1.18. The molecule has 6 N–H and O–H groups in total. The Bertz CT molecular complexity index is 431. The summed E-state index contributed by atoms with van der Waals surface area (Å²) in [5, 5.41) is 0. The maximum atomic E-state index is 12.3. The van der Waals surface area contributed by atoms with Crippen LogP contribution in [0.1, 0.15) is 6.42 Å². The van der Waals surface area contributed by atoms with Crippen LogP contribution in [0, 0.1) is 0 Å². The second kappa shape index (κ2) is 6.93. The van der Waals surface area contributed by atoms with Gasteiger partial charge in [-0.3, -0.25) is 4.99 Å². The molecule has 0 heterocycles. The number of hydrogen-bond donors (Lipinski definition) is 3. The molecule has 17 heavy (non-hydrogen) atoms. The van der Waals surface area contributed by atoms with Gasteiger partial charge in [-0.05, 0) is 30.0 Å². The van der Waals surface area contributed by atoms with Gasteiger partial charge in [-0.15, -0.1) is 0 Å². The zero-order valence-electron chi connectivity index (χ0n) is 9.27. The quantitative estimate of drug-likeness (QED) is 0.554.